The zero-order chi connectivity index (χ0) is 26.8. The van der Waals surface area contributed by atoms with E-state index in [4.69, 9.17) is 14.2 Å². The molecule has 194 valence electrons. The molecule has 2 heterocycles. The summed E-state index contributed by atoms with van der Waals surface area (Å²) in [4.78, 5) is 27.6. The molecular formula is C29H27N3O6. The maximum atomic E-state index is 13.8. The van der Waals surface area contributed by atoms with Crippen molar-refractivity contribution in [2.24, 2.45) is 0 Å². The molecule has 0 radical (unpaired) electrons. The minimum Gasteiger partial charge on any atom is -0.504 e. The van der Waals surface area contributed by atoms with Gasteiger partial charge in [0.15, 0.2) is 11.5 Å². The van der Waals surface area contributed by atoms with Crippen molar-refractivity contribution in [3.05, 3.63) is 89.1 Å². The van der Waals surface area contributed by atoms with Crippen LogP contribution in [0.2, 0.25) is 0 Å². The molecule has 0 saturated carbocycles. The van der Waals surface area contributed by atoms with E-state index in [-0.39, 0.29) is 18.3 Å². The van der Waals surface area contributed by atoms with E-state index in [2.05, 4.69) is 10.2 Å². The number of carbonyl (C=O) groups excluding carboxylic acids is 2. The number of rotatable bonds is 8. The number of anilines is 1. The van der Waals surface area contributed by atoms with Crippen molar-refractivity contribution in [2.75, 3.05) is 25.2 Å². The highest BCUT2D eigenvalue weighted by molar-refractivity contribution is 6.12. The molecule has 0 spiro atoms. The van der Waals surface area contributed by atoms with Crippen molar-refractivity contribution < 1.29 is 28.9 Å². The number of hydrogen-bond acceptors (Lipinski definition) is 7. The Balaban J connectivity index is 1.65. The molecule has 4 aromatic rings. The second-order valence-electron chi connectivity index (χ2n) is 8.59. The second kappa shape index (κ2) is 10.3. The number of phenols is 1. The van der Waals surface area contributed by atoms with Crippen LogP contribution in [0.3, 0.4) is 0 Å². The number of methoxy groups -OCH3 is 1. The van der Waals surface area contributed by atoms with E-state index in [9.17, 15) is 14.7 Å². The first-order chi connectivity index (χ1) is 18.5. The SMILES string of the molecule is CCOC(=O)c1ccc(N2C(=O)c3[nH]nc(-c4ccc(OC)cc4)c3[C@@H]2c2ccc(O)c(OCC)c2)cc1. The molecule has 3 aromatic carbocycles. The van der Waals surface area contributed by atoms with Gasteiger partial charge in [-0.15, -0.1) is 0 Å². The average Bonchev–Trinajstić information content (AvgIpc) is 3.49. The smallest absolute Gasteiger partial charge is 0.338 e. The monoisotopic (exact) mass is 513 g/mol. The number of nitrogens with one attached hydrogen (secondary N) is 1. The number of nitrogens with zero attached hydrogens (tertiary/aromatic N) is 2. The van der Waals surface area contributed by atoms with E-state index >= 15 is 0 Å². The largest absolute Gasteiger partial charge is 0.504 e. The van der Waals surface area contributed by atoms with E-state index in [0.717, 1.165) is 11.1 Å². The molecule has 1 aliphatic heterocycles. The number of aromatic amines is 1. The summed E-state index contributed by atoms with van der Waals surface area (Å²) in [6, 6.07) is 18.6. The lowest BCUT2D eigenvalue weighted by Gasteiger charge is -2.27. The lowest BCUT2D eigenvalue weighted by Crippen LogP contribution is -2.29. The first-order valence-corrected chi connectivity index (χ1v) is 12.3. The number of esters is 1. The molecule has 1 amide bonds. The number of phenolic OH excluding ortho intramolecular Hbond substituents is 1. The normalized spacial score (nSPS) is 14.3. The van der Waals surface area contributed by atoms with Gasteiger partial charge < -0.3 is 19.3 Å². The number of benzene rings is 3. The minimum absolute atomic E-state index is 0.00746. The molecule has 0 aliphatic carbocycles. The summed E-state index contributed by atoms with van der Waals surface area (Å²) in [6.45, 7) is 4.22. The van der Waals surface area contributed by atoms with Crippen molar-refractivity contribution in [3.63, 3.8) is 0 Å². The van der Waals surface area contributed by atoms with Gasteiger partial charge >= 0.3 is 5.97 Å². The molecule has 38 heavy (non-hydrogen) atoms. The Morgan fingerprint density at radius 3 is 2.42 bits per heavy atom. The molecule has 2 N–H and O–H groups in total. The molecule has 9 nitrogen and oxygen atoms in total. The van der Waals surface area contributed by atoms with Crippen LogP contribution in [0.1, 0.15) is 51.9 Å². The standard InChI is InChI=1S/C29H27N3O6/c1-4-37-23-16-19(10-15-22(23)33)27-24-25(17-8-13-21(36-3)14-9-17)30-31-26(24)28(34)32(27)20-11-6-18(7-12-20)29(35)38-5-2/h6-16,27,33H,4-5H2,1-3H3,(H,30,31)/t27-/m0/s1. The molecule has 0 bridgehead atoms. The first-order valence-electron chi connectivity index (χ1n) is 12.3. The molecule has 1 aliphatic rings. The highest BCUT2D eigenvalue weighted by Crippen LogP contribution is 2.46. The van der Waals surface area contributed by atoms with Gasteiger partial charge in [0.25, 0.3) is 5.91 Å². The maximum Gasteiger partial charge on any atom is 0.338 e. The second-order valence-corrected chi connectivity index (χ2v) is 8.59. The van der Waals surface area contributed by atoms with Crippen LogP contribution in [0.4, 0.5) is 5.69 Å². The van der Waals surface area contributed by atoms with Crippen LogP contribution < -0.4 is 14.4 Å². The molecule has 0 fully saturated rings. The van der Waals surface area contributed by atoms with Gasteiger partial charge in [-0.25, -0.2) is 4.79 Å². The lowest BCUT2D eigenvalue weighted by molar-refractivity contribution is 0.0526. The quantitative estimate of drug-likeness (QED) is 0.315. The van der Waals surface area contributed by atoms with Gasteiger partial charge in [0, 0.05) is 16.8 Å². The van der Waals surface area contributed by atoms with Crippen molar-refractivity contribution in [2.45, 2.75) is 19.9 Å². The summed E-state index contributed by atoms with van der Waals surface area (Å²) in [5.74, 6) is 0.328. The van der Waals surface area contributed by atoms with Crippen LogP contribution >= 0.6 is 0 Å². The molecule has 0 unspecified atom stereocenters. The third-order valence-electron chi connectivity index (χ3n) is 6.39. The zero-order valence-corrected chi connectivity index (χ0v) is 21.2. The van der Waals surface area contributed by atoms with Crippen molar-refractivity contribution >= 4 is 17.6 Å². The van der Waals surface area contributed by atoms with Gasteiger partial charge in [0.1, 0.15) is 11.4 Å². The Kier molecular flexibility index (Phi) is 6.74. The van der Waals surface area contributed by atoms with E-state index in [1.807, 2.05) is 31.2 Å². The van der Waals surface area contributed by atoms with Crippen LogP contribution in [-0.2, 0) is 4.74 Å². The Hall–Kier alpha value is -4.79. The topological polar surface area (TPSA) is 114 Å². The minimum atomic E-state index is -0.582. The number of aromatic nitrogens is 2. The molecule has 5 rings (SSSR count). The number of ether oxygens (including phenoxy) is 3. The molecule has 1 atom stereocenters. The number of hydrogen-bond donors (Lipinski definition) is 2. The number of carbonyl (C=O) groups is 2. The van der Waals surface area contributed by atoms with E-state index in [1.54, 1.807) is 61.4 Å². The summed E-state index contributed by atoms with van der Waals surface area (Å²) in [5, 5.41) is 17.8. The molecule has 9 heteroatoms. The first kappa shape index (κ1) is 24.9. The Morgan fingerprint density at radius 1 is 1.03 bits per heavy atom. The van der Waals surface area contributed by atoms with Gasteiger partial charge in [-0.05, 0) is 80.1 Å². The number of H-pyrrole nitrogens is 1. The van der Waals surface area contributed by atoms with Gasteiger partial charge in [-0.3, -0.25) is 14.8 Å². The summed E-state index contributed by atoms with van der Waals surface area (Å²) >= 11 is 0. The van der Waals surface area contributed by atoms with Gasteiger partial charge in [-0.1, -0.05) is 6.07 Å². The fourth-order valence-electron chi connectivity index (χ4n) is 4.64. The van der Waals surface area contributed by atoms with E-state index < -0.39 is 12.0 Å². The predicted octanol–water partition coefficient (Wildman–Crippen LogP) is 5.12. The van der Waals surface area contributed by atoms with E-state index in [1.165, 1.54) is 0 Å². The van der Waals surface area contributed by atoms with Gasteiger partial charge in [-0.2, -0.15) is 5.10 Å². The van der Waals surface area contributed by atoms with Crippen molar-refractivity contribution in [1.29, 1.82) is 0 Å². The van der Waals surface area contributed by atoms with Crippen molar-refractivity contribution in [1.82, 2.24) is 10.2 Å². The molecule has 1 aromatic heterocycles. The fourth-order valence-corrected chi connectivity index (χ4v) is 4.64. The number of fused-ring (bicyclic) bond motifs is 1. The van der Waals surface area contributed by atoms with Crippen LogP contribution in [0.15, 0.2) is 66.7 Å². The molecule has 0 saturated heterocycles. The summed E-state index contributed by atoms with van der Waals surface area (Å²) in [5.41, 5.74) is 4.20. The third kappa shape index (κ3) is 4.32. The van der Waals surface area contributed by atoms with Crippen LogP contribution in [0.25, 0.3) is 11.3 Å². The van der Waals surface area contributed by atoms with Gasteiger partial charge in [0.2, 0.25) is 0 Å². The van der Waals surface area contributed by atoms with Gasteiger partial charge in [0.05, 0.1) is 37.6 Å². The lowest BCUT2D eigenvalue weighted by atomic mass is 9.95. The number of aromatic hydroxyl groups is 1. The highest BCUT2D eigenvalue weighted by atomic mass is 16.5. The number of amides is 1. The van der Waals surface area contributed by atoms with Crippen molar-refractivity contribution in [3.8, 4) is 28.5 Å². The summed E-state index contributed by atoms with van der Waals surface area (Å²) in [6.07, 6.45) is 0. The van der Waals surface area contributed by atoms with Crippen LogP contribution in [0, 0.1) is 0 Å². The highest BCUT2D eigenvalue weighted by Gasteiger charge is 2.43. The third-order valence-corrected chi connectivity index (χ3v) is 6.39. The van der Waals surface area contributed by atoms with Crippen LogP contribution in [0.5, 0.6) is 17.2 Å². The van der Waals surface area contributed by atoms with Crippen LogP contribution in [-0.4, -0.2) is 47.5 Å². The Bertz CT molecular complexity index is 1480. The average molecular weight is 514 g/mol. The zero-order valence-electron chi connectivity index (χ0n) is 21.2. The Morgan fingerprint density at radius 2 is 1.76 bits per heavy atom. The molecular weight excluding hydrogens is 486 g/mol. The summed E-state index contributed by atoms with van der Waals surface area (Å²) in [7, 11) is 1.60. The van der Waals surface area contributed by atoms with E-state index in [0.29, 0.717) is 46.3 Å². The summed E-state index contributed by atoms with van der Waals surface area (Å²) < 4.78 is 16.0. The Labute approximate surface area is 219 Å². The maximum absolute atomic E-state index is 13.8. The fraction of sp³-hybridized carbons (Fsp3) is 0.207. The predicted molar refractivity (Wildman–Crippen MR) is 141 cm³/mol.